The van der Waals surface area contributed by atoms with Gasteiger partial charge in [0.1, 0.15) is 0 Å². The quantitative estimate of drug-likeness (QED) is 0.640. The smallest absolute Gasteiger partial charge is 0.0282 e. The van der Waals surface area contributed by atoms with Crippen LogP contribution < -0.4 is 5.32 Å². The van der Waals surface area contributed by atoms with Gasteiger partial charge in [0, 0.05) is 6.04 Å². The average molecular weight is 290 g/mol. The molecule has 2 bridgehead atoms. The average Bonchev–Trinajstić information content (AvgIpc) is 3.06. The van der Waals surface area contributed by atoms with E-state index >= 15 is 0 Å². The number of hydrogen-bond donors (Lipinski definition) is 1. The van der Waals surface area contributed by atoms with Crippen molar-refractivity contribution < 1.29 is 0 Å². The molecule has 0 aromatic rings. The Labute approximate surface area is 132 Å². The Morgan fingerprint density at radius 2 is 2.05 bits per heavy atom. The minimum absolute atomic E-state index is 0.701. The third-order valence-corrected chi connectivity index (χ3v) is 6.34. The number of fused-ring (bicyclic) bond motifs is 2. The molecule has 1 N–H and O–H groups in total. The molecule has 0 radical (unpaired) electrons. The van der Waals surface area contributed by atoms with Crippen LogP contribution in [0.15, 0.2) is 11.6 Å². The van der Waals surface area contributed by atoms with E-state index in [1.165, 1.54) is 70.8 Å². The Kier molecular flexibility index (Phi) is 5.80. The lowest BCUT2D eigenvalue weighted by Gasteiger charge is -2.30. The minimum Gasteiger partial charge on any atom is -0.310 e. The van der Waals surface area contributed by atoms with Gasteiger partial charge in [-0.15, -0.1) is 0 Å². The van der Waals surface area contributed by atoms with E-state index in [-0.39, 0.29) is 0 Å². The molecule has 4 atom stereocenters. The number of rotatable bonds is 6. The summed E-state index contributed by atoms with van der Waals surface area (Å²) < 4.78 is 0. The fourth-order valence-electron chi connectivity index (χ4n) is 5.19. The summed E-state index contributed by atoms with van der Waals surface area (Å²) >= 11 is 0. The molecule has 1 heteroatoms. The molecule has 2 saturated carbocycles. The van der Waals surface area contributed by atoms with Crippen molar-refractivity contribution in [1.29, 1.82) is 0 Å². The molecule has 3 rings (SSSR count). The highest BCUT2D eigenvalue weighted by molar-refractivity contribution is 5.13. The Balaban J connectivity index is 1.61. The monoisotopic (exact) mass is 289 g/mol. The summed E-state index contributed by atoms with van der Waals surface area (Å²) in [6.45, 7) is 3.50. The van der Waals surface area contributed by atoms with Crippen molar-refractivity contribution >= 4 is 0 Å². The third kappa shape index (κ3) is 4.12. The van der Waals surface area contributed by atoms with Gasteiger partial charge in [0.2, 0.25) is 0 Å². The Bertz CT molecular complexity index is 346. The van der Waals surface area contributed by atoms with Crippen molar-refractivity contribution in [2.24, 2.45) is 17.8 Å². The Morgan fingerprint density at radius 1 is 1.14 bits per heavy atom. The highest BCUT2D eigenvalue weighted by Crippen LogP contribution is 2.50. The first-order valence-corrected chi connectivity index (χ1v) is 9.79. The van der Waals surface area contributed by atoms with Crippen molar-refractivity contribution in [3.63, 3.8) is 0 Å². The van der Waals surface area contributed by atoms with Crippen LogP contribution in [0.1, 0.15) is 84.0 Å². The number of hydrogen-bond acceptors (Lipinski definition) is 1. The van der Waals surface area contributed by atoms with Gasteiger partial charge in [0.15, 0.2) is 0 Å². The lowest BCUT2D eigenvalue weighted by molar-refractivity contribution is 0.287. The molecule has 0 aromatic carbocycles. The summed E-state index contributed by atoms with van der Waals surface area (Å²) in [5.74, 6) is 3.21. The molecule has 0 saturated heterocycles. The van der Waals surface area contributed by atoms with Crippen molar-refractivity contribution in [3.05, 3.63) is 11.6 Å². The molecule has 0 aliphatic heterocycles. The van der Waals surface area contributed by atoms with Gasteiger partial charge in [0.25, 0.3) is 0 Å². The van der Waals surface area contributed by atoms with Gasteiger partial charge in [-0.25, -0.2) is 0 Å². The lowest BCUT2D eigenvalue weighted by atomic mass is 9.81. The maximum absolute atomic E-state index is 3.91. The van der Waals surface area contributed by atoms with E-state index in [4.69, 9.17) is 0 Å². The maximum atomic E-state index is 3.91. The van der Waals surface area contributed by atoms with Crippen molar-refractivity contribution in [2.45, 2.75) is 90.0 Å². The van der Waals surface area contributed by atoms with Crippen LogP contribution in [-0.2, 0) is 0 Å². The van der Waals surface area contributed by atoms with E-state index in [1.54, 1.807) is 18.4 Å². The van der Waals surface area contributed by atoms with Crippen LogP contribution in [0.4, 0.5) is 0 Å². The van der Waals surface area contributed by atoms with E-state index in [2.05, 4.69) is 18.3 Å². The zero-order valence-corrected chi connectivity index (χ0v) is 14.1. The van der Waals surface area contributed by atoms with Gasteiger partial charge >= 0.3 is 0 Å². The van der Waals surface area contributed by atoms with E-state index in [9.17, 15) is 0 Å². The largest absolute Gasteiger partial charge is 0.310 e. The first-order chi connectivity index (χ1) is 10.4. The van der Waals surface area contributed by atoms with Gasteiger partial charge in [-0.1, -0.05) is 37.8 Å². The van der Waals surface area contributed by atoms with Gasteiger partial charge in [-0.2, -0.15) is 0 Å². The Morgan fingerprint density at radius 3 is 2.81 bits per heavy atom. The Hall–Kier alpha value is -0.300. The zero-order chi connectivity index (χ0) is 14.5. The van der Waals surface area contributed by atoms with Crippen molar-refractivity contribution in [3.8, 4) is 0 Å². The summed E-state index contributed by atoms with van der Waals surface area (Å²) in [4.78, 5) is 0. The first-order valence-electron chi connectivity index (χ1n) is 9.79. The molecule has 0 heterocycles. The third-order valence-electron chi connectivity index (χ3n) is 6.34. The predicted molar refractivity (Wildman–Crippen MR) is 91.4 cm³/mol. The SMILES string of the molecule is CCCNC(CC1CC2CCC1C2)C1=CCCCCCC1. The van der Waals surface area contributed by atoms with Gasteiger partial charge in [0.05, 0.1) is 0 Å². The fraction of sp³-hybridized carbons (Fsp3) is 0.900. The first kappa shape index (κ1) is 15.6. The second-order valence-corrected chi connectivity index (χ2v) is 7.91. The highest BCUT2D eigenvalue weighted by atomic mass is 14.9. The molecule has 3 aliphatic rings. The van der Waals surface area contributed by atoms with Crippen LogP contribution in [0.3, 0.4) is 0 Å². The molecule has 2 fully saturated rings. The molecule has 0 spiro atoms. The molecule has 4 unspecified atom stereocenters. The van der Waals surface area contributed by atoms with Crippen LogP contribution in [0, 0.1) is 17.8 Å². The molecular formula is C20H35N. The summed E-state index contributed by atoms with van der Waals surface area (Å²) in [6, 6.07) is 0.701. The summed E-state index contributed by atoms with van der Waals surface area (Å²) in [5.41, 5.74) is 1.77. The van der Waals surface area contributed by atoms with Crippen LogP contribution in [0.2, 0.25) is 0 Å². The van der Waals surface area contributed by atoms with E-state index in [0.717, 1.165) is 17.8 Å². The van der Waals surface area contributed by atoms with Crippen LogP contribution in [0.5, 0.6) is 0 Å². The summed E-state index contributed by atoms with van der Waals surface area (Å²) in [5, 5.41) is 3.91. The van der Waals surface area contributed by atoms with E-state index < -0.39 is 0 Å². The fourth-order valence-corrected chi connectivity index (χ4v) is 5.19. The number of allylic oxidation sites excluding steroid dienone is 1. The highest BCUT2D eigenvalue weighted by Gasteiger charge is 2.40. The second-order valence-electron chi connectivity index (χ2n) is 7.91. The molecular weight excluding hydrogens is 254 g/mol. The molecule has 21 heavy (non-hydrogen) atoms. The molecule has 120 valence electrons. The second kappa shape index (κ2) is 7.81. The van der Waals surface area contributed by atoms with E-state index in [0.29, 0.717) is 6.04 Å². The topological polar surface area (TPSA) is 12.0 Å². The van der Waals surface area contributed by atoms with E-state index in [1.807, 2.05) is 0 Å². The van der Waals surface area contributed by atoms with Gasteiger partial charge in [-0.05, 0) is 82.1 Å². The van der Waals surface area contributed by atoms with Crippen LogP contribution in [0.25, 0.3) is 0 Å². The van der Waals surface area contributed by atoms with Crippen LogP contribution >= 0.6 is 0 Å². The molecule has 0 aromatic heterocycles. The number of nitrogens with one attached hydrogen (secondary N) is 1. The van der Waals surface area contributed by atoms with Gasteiger partial charge in [-0.3, -0.25) is 0 Å². The lowest BCUT2D eigenvalue weighted by Crippen LogP contribution is -2.35. The predicted octanol–water partition coefficient (Wildman–Crippen LogP) is 5.46. The summed E-state index contributed by atoms with van der Waals surface area (Å²) in [7, 11) is 0. The maximum Gasteiger partial charge on any atom is 0.0282 e. The van der Waals surface area contributed by atoms with Gasteiger partial charge < -0.3 is 5.32 Å². The molecule has 0 amide bonds. The van der Waals surface area contributed by atoms with Crippen LogP contribution in [-0.4, -0.2) is 12.6 Å². The summed E-state index contributed by atoms with van der Waals surface area (Å²) in [6.07, 6.45) is 19.9. The van der Waals surface area contributed by atoms with Crippen molar-refractivity contribution in [2.75, 3.05) is 6.54 Å². The standard InChI is InChI=1S/C20H35N/c1-2-12-21-20(17-8-6-4-3-5-7-9-17)15-19-14-16-10-11-18(19)13-16/h8,16,18-21H,2-7,9-15H2,1H3. The zero-order valence-electron chi connectivity index (χ0n) is 14.1. The molecule has 3 aliphatic carbocycles. The minimum atomic E-state index is 0.701. The normalized spacial score (nSPS) is 34.3. The van der Waals surface area contributed by atoms with Crippen molar-refractivity contribution in [1.82, 2.24) is 5.32 Å². The molecule has 1 nitrogen and oxygen atoms in total.